The highest BCUT2D eigenvalue weighted by Crippen LogP contribution is 2.41. The van der Waals surface area contributed by atoms with Crippen LogP contribution in [-0.4, -0.2) is 57.6 Å². The summed E-state index contributed by atoms with van der Waals surface area (Å²) in [7, 11) is 0. The standard InChI is InChI=1S/C25H27ClFN5O2S/c1-16-22(35-15-31-16)21(32-8-9-34-25(14-32)6-3-7-25)13-30-24(33)19-10-17(4-2-5-20(19)26)23-28-11-18(27)12-29-23/h2,5,10-12,15,21H,3-4,6-9,13-14H2,1H3,(H,30,33). The number of halogens is 2. The minimum atomic E-state index is -0.513. The van der Waals surface area contributed by atoms with E-state index in [1.165, 1.54) is 6.42 Å². The van der Waals surface area contributed by atoms with Crippen LogP contribution in [0.2, 0.25) is 0 Å². The van der Waals surface area contributed by atoms with Gasteiger partial charge in [-0.3, -0.25) is 9.69 Å². The van der Waals surface area contributed by atoms with E-state index in [0.29, 0.717) is 41.6 Å². The van der Waals surface area contributed by atoms with Gasteiger partial charge in [-0.15, -0.1) is 11.3 Å². The molecular formula is C25H27ClFN5O2S. The van der Waals surface area contributed by atoms with Gasteiger partial charge >= 0.3 is 0 Å². The lowest BCUT2D eigenvalue weighted by Gasteiger charge is -2.50. The van der Waals surface area contributed by atoms with Crippen molar-refractivity contribution in [3.63, 3.8) is 0 Å². The van der Waals surface area contributed by atoms with E-state index in [0.717, 1.165) is 48.9 Å². The first-order valence-electron chi connectivity index (χ1n) is 11.8. The van der Waals surface area contributed by atoms with Gasteiger partial charge in [0.05, 0.1) is 52.5 Å². The topological polar surface area (TPSA) is 80.2 Å². The summed E-state index contributed by atoms with van der Waals surface area (Å²) >= 11 is 8.08. The second kappa shape index (κ2) is 10.3. The molecule has 2 aliphatic carbocycles. The fourth-order valence-electron chi connectivity index (χ4n) is 4.81. The lowest BCUT2D eigenvalue weighted by molar-refractivity contribution is -0.158. The Kier molecular flexibility index (Phi) is 7.11. The van der Waals surface area contributed by atoms with Crippen LogP contribution < -0.4 is 5.32 Å². The first-order valence-corrected chi connectivity index (χ1v) is 13.0. The number of hydrogen-bond acceptors (Lipinski definition) is 7. The van der Waals surface area contributed by atoms with Crippen molar-refractivity contribution in [3.05, 3.63) is 69.0 Å². The van der Waals surface area contributed by atoms with Crippen LogP contribution in [-0.2, 0) is 9.53 Å². The molecule has 0 aromatic carbocycles. The largest absolute Gasteiger partial charge is 0.372 e. The van der Waals surface area contributed by atoms with Crippen molar-refractivity contribution in [3.8, 4) is 0 Å². The molecule has 2 aromatic heterocycles. The van der Waals surface area contributed by atoms with E-state index in [2.05, 4.69) is 25.2 Å². The number of nitrogens with one attached hydrogen (secondary N) is 1. The predicted octanol–water partition coefficient (Wildman–Crippen LogP) is 4.33. The maximum atomic E-state index is 13.3. The molecule has 3 aliphatic rings. The number of morpholine rings is 1. The van der Waals surface area contributed by atoms with Gasteiger partial charge in [0.1, 0.15) is 0 Å². The smallest absolute Gasteiger partial charge is 0.252 e. The molecule has 3 heterocycles. The molecule has 1 amide bonds. The van der Waals surface area contributed by atoms with Crippen LogP contribution in [0.3, 0.4) is 0 Å². The minimum Gasteiger partial charge on any atom is -0.372 e. The number of aryl methyl sites for hydroxylation is 1. The van der Waals surface area contributed by atoms with Gasteiger partial charge in [-0.2, -0.15) is 0 Å². The zero-order valence-corrected chi connectivity index (χ0v) is 21.0. The van der Waals surface area contributed by atoms with Gasteiger partial charge in [0, 0.05) is 30.1 Å². The first kappa shape index (κ1) is 24.2. The molecule has 184 valence electrons. The highest BCUT2D eigenvalue weighted by atomic mass is 35.5. The molecule has 1 N–H and O–H groups in total. The van der Waals surface area contributed by atoms with Gasteiger partial charge in [-0.05, 0) is 44.8 Å². The van der Waals surface area contributed by atoms with Gasteiger partial charge in [0.15, 0.2) is 11.6 Å². The normalized spacial score (nSPS) is 20.8. The summed E-state index contributed by atoms with van der Waals surface area (Å²) in [4.78, 5) is 29.5. The third-order valence-electron chi connectivity index (χ3n) is 6.85. The van der Waals surface area contributed by atoms with Crippen LogP contribution in [0.25, 0.3) is 5.57 Å². The number of thiazole rings is 1. The molecule has 1 saturated heterocycles. The Morgan fingerprint density at radius 2 is 2.14 bits per heavy atom. The summed E-state index contributed by atoms with van der Waals surface area (Å²) < 4.78 is 19.4. The number of rotatable bonds is 6. The summed E-state index contributed by atoms with van der Waals surface area (Å²) in [5, 5.41) is 3.44. The number of carbonyl (C=O) groups excluding carboxylic acids is 1. The summed E-state index contributed by atoms with van der Waals surface area (Å²) in [5.74, 6) is -0.425. The second-order valence-corrected chi connectivity index (χ2v) is 10.4. The molecule has 1 spiro atoms. The van der Waals surface area contributed by atoms with Crippen LogP contribution in [0.15, 0.2) is 46.7 Å². The lowest BCUT2D eigenvalue weighted by atomic mass is 9.78. The van der Waals surface area contributed by atoms with Crippen molar-refractivity contribution in [1.82, 2.24) is 25.2 Å². The average molecular weight is 516 g/mol. The van der Waals surface area contributed by atoms with Crippen molar-refractivity contribution in [2.75, 3.05) is 26.2 Å². The maximum absolute atomic E-state index is 13.3. The zero-order valence-electron chi connectivity index (χ0n) is 19.5. The van der Waals surface area contributed by atoms with E-state index < -0.39 is 5.82 Å². The van der Waals surface area contributed by atoms with E-state index in [9.17, 15) is 9.18 Å². The van der Waals surface area contributed by atoms with Gasteiger partial charge in [-0.1, -0.05) is 17.7 Å². The van der Waals surface area contributed by atoms with Crippen molar-refractivity contribution in [1.29, 1.82) is 0 Å². The Morgan fingerprint density at radius 1 is 1.34 bits per heavy atom. The third kappa shape index (κ3) is 5.23. The van der Waals surface area contributed by atoms with E-state index in [1.54, 1.807) is 23.5 Å². The Labute approximate surface area is 212 Å². The summed E-state index contributed by atoms with van der Waals surface area (Å²) in [6.07, 6.45) is 11.3. The van der Waals surface area contributed by atoms with Crippen molar-refractivity contribution < 1.29 is 13.9 Å². The molecule has 5 rings (SSSR count). The summed E-state index contributed by atoms with van der Waals surface area (Å²) in [6.45, 7) is 4.77. The average Bonchev–Trinajstić information content (AvgIpc) is 3.16. The number of allylic oxidation sites excluding steroid dienone is 4. The number of amides is 1. The highest BCUT2D eigenvalue weighted by molar-refractivity contribution is 7.09. The quantitative estimate of drug-likeness (QED) is 0.617. The van der Waals surface area contributed by atoms with E-state index >= 15 is 0 Å². The number of nitrogens with zero attached hydrogens (tertiary/aromatic N) is 4. The van der Waals surface area contributed by atoms with Gasteiger partial charge < -0.3 is 10.1 Å². The fraction of sp³-hybridized carbons (Fsp3) is 0.440. The van der Waals surface area contributed by atoms with Crippen molar-refractivity contribution in [2.45, 2.75) is 44.2 Å². The molecule has 1 atom stereocenters. The molecule has 0 bridgehead atoms. The summed E-state index contributed by atoms with van der Waals surface area (Å²) in [6, 6.07) is -0.00241. The monoisotopic (exact) mass is 515 g/mol. The number of ether oxygens (including phenoxy) is 1. The highest BCUT2D eigenvalue weighted by Gasteiger charge is 2.44. The van der Waals surface area contributed by atoms with Gasteiger partial charge in [0.25, 0.3) is 5.91 Å². The van der Waals surface area contributed by atoms with Crippen molar-refractivity contribution in [2.24, 2.45) is 0 Å². The molecule has 2 fully saturated rings. The SMILES string of the molecule is Cc1ncsc1C(CNC(=O)C1=C(Cl)C=CCC(c2ncc(F)cn2)=C1)N1CCOC2(CCC2)C1. The summed E-state index contributed by atoms with van der Waals surface area (Å²) in [5.41, 5.74) is 3.81. The Hall–Kier alpha value is -2.46. The van der Waals surface area contributed by atoms with Gasteiger partial charge in [-0.25, -0.2) is 19.3 Å². The number of aromatic nitrogens is 3. The van der Waals surface area contributed by atoms with Crippen LogP contribution in [0.4, 0.5) is 4.39 Å². The molecule has 1 saturated carbocycles. The maximum Gasteiger partial charge on any atom is 0.252 e. The lowest BCUT2D eigenvalue weighted by Crippen LogP contribution is -2.57. The zero-order chi connectivity index (χ0) is 24.4. The number of hydrogen-bond donors (Lipinski definition) is 1. The van der Waals surface area contributed by atoms with Crippen LogP contribution in [0.5, 0.6) is 0 Å². The second-order valence-electron chi connectivity index (χ2n) is 9.15. The molecule has 2 aromatic rings. The van der Waals surface area contributed by atoms with E-state index in [1.807, 2.05) is 18.5 Å². The Balaban J connectivity index is 1.36. The van der Waals surface area contributed by atoms with E-state index in [4.69, 9.17) is 16.3 Å². The Morgan fingerprint density at radius 3 is 2.83 bits per heavy atom. The fourth-order valence-corrected chi connectivity index (χ4v) is 5.97. The minimum absolute atomic E-state index is 0.00241. The molecule has 35 heavy (non-hydrogen) atoms. The van der Waals surface area contributed by atoms with Crippen molar-refractivity contribution >= 4 is 34.4 Å². The molecule has 0 radical (unpaired) electrons. The predicted molar refractivity (Wildman–Crippen MR) is 133 cm³/mol. The third-order valence-corrected chi connectivity index (χ3v) is 8.22. The Bertz CT molecular complexity index is 1190. The molecule has 1 unspecified atom stereocenters. The molecular weight excluding hydrogens is 489 g/mol. The van der Waals surface area contributed by atoms with Gasteiger partial charge in [0.2, 0.25) is 0 Å². The molecule has 7 nitrogen and oxygen atoms in total. The van der Waals surface area contributed by atoms with E-state index in [-0.39, 0.29) is 17.6 Å². The van der Waals surface area contributed by atoms with Crippen LogP contribution in [0.1, 0.15) is 48.1 Å². The number of carbonyl (C=O) groups is 1. The molecule has 10 heteroatoms. The van der Waals surface area contributed by atoms with Crippen LogP contribution in [0, 0.1) is 12.7 Å². The van der Waals surface area contributed by atoms with Crippen LogP contribution >= 0.6 is 22.9 Å². The first-order chi connectivity index (χ1) is 16.9. The molecule has 1 aliphatic heterocycles.